The summed E-state index contributed by atoms with van der Waals surface area (Å²) in [7, 11) is 1.67. The van der Waals surface area contributed by atoms with Crippen LogP contribution >= 0.6 is 0 Å². The van der Waals surface area contributed by atoms with Gasteiger partial charge in [0.25, 0.3) is 0 Å². The Kier molecular flexibility index (Phi) is 7.54. The molecule has 0 radical (unpaired) electrons. The summed E-state index contributed by atoms with van der Waals surface area (Å²) in [4.78, 5) is 0. The van der Waals surface area contributed by atoms with E-state index in [1.807, 2.05) is 19.1 Å². The molecule has 0 fully saturated rings. The van der Waals surface area contributed by atoms with Crippen molar-refractivity contribution in [3.63, 3.8) is 0 Å². The Morgan fingerprint density at radius 1 is 1.29 bits per heavy atom. The van der Waals surface area contributed by atoms with E-state index < -0.39 is 0 Å². The number of para-hydroxylation sites is 1. The third-order valence-electron chi connectivity index (χ3n) is 3.50. The summed E-state index contributed by atoms with van der Waals surface area (Å²) in [6.07, 6.45) is 1.85. The lowest BCUT2D eigenvalue weighted by atomic mass is 9.88. The number of ether oxygens (including phenoxy) is 2. The minimum atomic E-state index is 0.174. The molecular formula is C17H29NO3. The van der Waals surface area contributed by atoms with E-state index >= 15 is 0 Å². The van der Waals surface area contributed by atoms with Gasteiger partial charge in [-0.05, 0) is 31.2 Å². The van der Waals surface area contributed by atoms with Crippen molar-refractivity contribution >= 4 is 0 Å². The van der Waals surface area contributed by atoms with Gasteiger partial charge in [0.15, 0.2) is 11.5 Å². The number of rotatable bonds is 10. The molecule has 0 amide bonds. The molecule has 21 heavy (non-hydrogen) atoms. The van der Waals surface area contributed by atoms with Crippen molar-refractivity contribution in [2.45, 2.75) is 40.2 Å². The van der Waals surface area contributed by atoms with Crippen LogP contribution in [0.4, 0.5) is 0 Å². The van der Waals surface area contributed by atoms with Crippen LogP contribution in [0, 0.1) is 5.41 Å². The molecule has 0 unspecified atom stereocenters. The number of benzene rings is 1. The molecule has 0 saturated carbocycles. The first-order valence-corrected chi connectivity index (χ1v) is 7.64. The van der Waals surface area contributed by atoms with Gasteiger partial charge in [-0.2, -0.15) is 0 Å². The van der Waals surface area contributed by atoms with Crippen molar-refractivity contribution in [1.29, 1.82) is 0 Å². The largest absolute Gasteiger partial charge is 0.493 e. The minimum Gasteiger partial charge on any atom is -0.493 e. The van der Waals surface area contributed by atoms with E-state index in [0.717, 1.165) is 43.0 Å². The summed E-state index contributed by atoms with van der Waals surface area (Å²) in [5.41, 5.74) is 1.27. The summed E-state index contributed by atoms with van der Waals surface area (Å²) in [5, 5.41) is 12.4. The highest BCUT2D eigenvalue weighted by atomic mass is 16.5. The second-order valence-electron chi connectivity index (χ2n) is 5.98. The van der Waals surface area contributed by atoms with Gasteiger partial charge in [0, 0.05) is 25.3 Å². The molecular weight excluding hydrogens is 266 g/mol. The van der Waals surface area contributed by atoms with Crippen LogP contribution in [0.2, 0.25) is 0 Å². The highest BCUT2D eigenvalue weighted by molar-refractivity contribution is 5.46. The van der Waals surface area contributed by atoms with Crippen LogP contribution in [0.5, 0.6) is 11.5 Å². The number of nitrogens with one attached hydrogen (secondary N) is 1. The van der Waals surface area contributed by atoms with Crippen LogP contribution in [0.1, 0.15) is 39.2 Å². The van der Waals surface area contributed by atoms with Gasteiger partial charge in [-0.1, -0.05) is 26.0 Å². The topological polar surface area (TPSA) is 50.7 Å². The number of aliphatic hydroxyl groups excluding tert-OH is 1. The Balaban J connectivity index is 2.61. The average molecular weight is 295 g/mol. The lowest BCUT2D eigenvalue weighted by Crippen LogP contribution is -2.29. The van der Waals surface area contributed by atoms with Gasteiger partial charge in [0.1, 0.15) is 0 Å². The monoisotopic (exact) mass is 295 g/mol. The Bertz CT molecular complexity index is 418. The highest BCUT2D eigenvalue weighted by Crippen LogP contribution is 2.31. The van der Waals surface area contributed by atoms with Gasteiger partial charge in [-0.3, -0.25) is 0 Å². The Morgan fingerprint density at radius 3 is 2.67 bits per heavy atom. The molecule has 0 heterocycles. The molecule has 1 aromatic rings. The van der Waals surface area contributed by atoms with Crippen LogP contribution < -0.4 is 14.8 Å². The second-order valence-corrected chi connectivity index (χ2v) is 5.98. The molecule has 0 bridgehead atoms. The molecule has 1 rings (SSSR count). The van der Waals surface area contributed by atoms with E-state index in [0.29, 0.717) is 6.61 Å². The van der Waals surface area contributed by atoms with E-state index in [-0.39, 0.29) is 12.0 Å². The number of hydrogen-bond donors (Lipinski definition) is 2. The van der Waals surface area contributed by atoms with Crippen LogP contribution in [-0.4, -0.2) is 32.0 Å². The summed E-state index contributed by atoms with van der Waals surface area (Å²) in [5.74, 6) is 1.60. The first-order valence-electron chi connectivity index (χ1n) is 7.64. The van der Waals surface area contributed by atoms with Gasteiger partial charge in [-0.15, -0.1) is 0 Å². The maximum Gasteiger partial charge on any atom is 0.165 e. The maximum atomic E-state index is 8.93. The predicted molar refractivity (Wildman–Crippen MR) is 86.0 cm³/mol. The standard InChI is InChI=1S/C17H29NO3/c1-5-21-15-9-6-8-14(16(15)20-4)12-18-13-17(2,3)10-7-11-19/h6,8-9,18-19H,5,7,10-13H2,1-4H3. The quantitative estimate of drug-likeness (QED) is 0.697. The third-order valence-corrected chi connectivity index (χ3v) is 3.50. The molecule has 0 spiro atoms. The Hall–Kier alpha value is -1.26. The normalized spacial score (nSPS) is 11.5. The van der Waals surface area contributed by atoms with Crippen molar-refractivity contribution in [3.8, 4) is 11.5 Å². The first kappa shape index (κ1) is 17.8. The van der Waals surface area contributed by atoms with E-state index in [1.54, 1.807) is 7.11 Å². The highest BCUT2D eigenvalue weighted by Gasteiger charge is 2.17. The zero-order chi connectivity index (χ0) is 15.7. The smallest absolute Gasteiger partial charge is 0.165 e. The van der Waals surface area contributed by atoms with Gasteiger partial charge < -0.3 is 19.9 Å². The molecule has 120 valence electrons. The van der Waals surface area contributed by atoms with Crippen molar-refractivity contribution in [2.24, 2.45) is 5.41 Å². The van der Waals surface area contributed by atoms with Gasteiger partial charge in [0.05, 0.1) is 13.7 Å². The summed E-state index contributed by atoms with van der Waals surface area (Å²) in [6.45, 7) is 8.91. The second kappa shape index (κ2) is 8.90. The average Bonchev–Trinajstić information content (AvgIpc) is 2.46. The Labute approximate surface area is 128 Å². The van der Waals surface area contributed by atoms with Gasteiger partial charge in [0.2, 0.25) is 0 Å². The molecule has 0 aliphatic carbocycles. The zero-order valence-electron chi connectivity index (χ0n) is 13.7. The van der Waals surface area contributed by atoms with Crippen LogP contribution in [0.25, 0.3) is 0 Å². The van der Waals surface area contributed by atoms with Crippen molar-refractivity contribution in [1.82, 2.24) is 5.32 Å². The first-order chi connectivity index (χ1) is 10.0. The molecule has 4 nitrogen and oxygen atoms in total. The van der Waals surface area contributed by atoms with Crippen molar-refractivity contribution < 1.29 is 14.6 Å². The molecule has 1 aromatic carbocycles. The van der Waals surface area contributed by atoms with Crippen LogP contribution in [0.3, 0.4) is 0 Å². The maximum absolute atomic E-state index is 8.93. The molecule has 0 aliphatic rings. The molecule has 2 N–H and O–H groups in total. The molecule has 0 atom stereocenters. The van der Waals surface area contributed by atoms with Crippen LogP contribution in [0.15, 0.2) is 18.2 Å². The van der Waals surface area contributed by atoms with E-state index in [2.05, 4.69) is 25.2 Å². The molecule has 4 heteroatoms. The van der Waals surface area contributed by atoms with Crippen molar-refractivity contribution in [3.05, 3.63) is 23.8 Å². The minimum absolute atomic E-state index is 0.174. The summed E-state index contributed by atoms with van der Waals surface area (Å²) in [6, 6.07) is 5.97. The zero-order valence-corrected chi connectivity index (χ0v) is 13.7. The predicted octanol–water partition coefficient (Wildman–Crippen LogP) is 2.98. The summed E-state index contributed by atoms with van der Waals surface area (Å²) >= 11 is 0. The molecule has 0 aliphatic heterocycles. The SMILES string of the molecule is CCOc1cccc(CNCC(C)(C)CCCO)c1OC. The molecule has 0 saturated heterocycles. The fourth-order valence-corrected chi connectivity index (χ4v) is 2.38. The van der Waals surface area contributed by atoms with E-state index in [9.17, 15) is 0 Å². The fourth-order valence-electron chi connectivity index (χ4n) is 2.38. The van der Waals surface area contributed by atoms with Crippen molar-refractivity contribution in [2.75, 3.05) is 26.9 Å². The molecule has 0 aromatic heterocycles. The fraction of sp³-hybridized carbons (Fsp3) is 0.647. The number of methoxy groups -OCH3 is 1. The number of aliphatic hydroxyl groups is 1. The van der Waals surface area contributed by atoms with Gasteiger partial charge >= 0.3 is 0 Å². The summed E-state index contributed by atoms with van der Waals surface area (Å²) < 4.78 is 11.1. The number of hydrogen-bond acceptors (Lipinski definition) is 4. The van der Waals surface area contributed by atoms with Gasteiger partial charge in [-0.25, -0.2) is 0 Å². The lowest BCUT2D eigenvalue weighted by Gasteiger charge is -2.25. The van der Waals surface area contributed by atoms with E-state index in [1.165, 1.54) is 0 Å². The lowest BCUT2D eigenvalue weighted by molar-refractivity contribution is 0.236. The Morgan fingerprint density at radius 2 is 2.05 bits per heavy atom. The van der Waals surface area contributed by atoms with Crippen LogP contribution in [-0.2, 0) is 6.54 Å². The van der Waals surface area contributed by atoms with E-state index in [4.69, 9.17) is 14.6 Å². The third kappa shape index (κ3) is 5.94.